The Morgan fingerprint density at radius 2 is 2.00 bits per heavy atom. The SMILES string of the molecule is COc1cc2c(cc1OC)[C@H](c1cccs1)N(CC(=O)Nc1ccc(F)cc1Cl)CC2. The van der Waals surface area contributed by atoms with E-state index in [1.54, 1.807) is 25.6 Å². The van der Waals surface area contributed by atoms with Gasteiger partial charge in [0.15, 0.2) is 11.5 Å². The number of halogens is 2. The summed E-state index contributed by atoms with van der Waals surface area (Å²) in [4.78, 5) is 16.1. The molecule has 2 heterocycles. The second kappa shape index (κ2) is 9.26. The first kappa shape index (κ1) is 21.6. The summed E-state index contributed by atoms with van der Waals surface area (Å²) in [7, 11) is 3.24. The lowest BCUT2D eigenvalue weighted by molar-refractivity contribution is -0.117. The predicted molar refractivity (Wildman–Crippen MR) is 121 cm³/mol. The monoisotopic (exact) mass is 460 g/mol. The van der Waals surface area contributed by atoms with Crippen LogP contribution in [0.4, 0.5) is 10.1 Å². The van der Waals surface area contributed by atoms with Crippen molar-refractivity contribution >= 4 is 34.5 Å². The highest BCUT2D eigenvalue weighted by Gasteiger charge is 2.32. The van der Waals surface area contributed by atoms with Gasteiger partial charge in [0.2, 0.25) is 5.91 Å². The van der Waals surface area contributed by atoms with Gasteiger partial charge in [0.05, 0.1) is 37.5 Å². The van der Waals surface area contributed by atoms with Crippen molar-refractivity contribution in [3.05, 3.63) is 74.7 Å². The molecule has 1 aromatic heterocycles. The molecule has 1 amide bonds. The molecule has 0 fully saturated rings. The highest BCUT2D eigenvalue weighted by Crippen LogP contribution is 2.42. The fourth-order valence-electron chi connectivity index (χ4n) is 3.91. The third kappa shape index (κ3) is 4.54. The number of carbonyl (C=O) groups is 1. The largest absolute Gasteiger partial charge is 0.493 e. The van der Waals surface area contributed by atoms with Crippen LogP contribution < -0.4 is 14.8 Å². The van der Waals surface area contributed by atoms with Crippen molar-refractivity contribution in [2.45, 2.75) is 12.5 Å². The van der Waals surface area contributed by atoms with E-state index in [1.165, 1.54) is 23.8 Å². The van der Waals surface area contributed by atoms with Crippen molar-refractivity contribution in [1.29, 1.82) is 0 Å². The number of ether oxygens (including phenoxy) is 2. The van der Waals surface area contributed by atoms with Crippen LogP contribution >= 0.6 is 22.9 Å². The summed E-state index contributed by atoms with van der Waals surface area (Å²) >= 11 is 7.71. The van der Waals surface area contributed by atoms with Crippen LogP contribution in [-0.4, -0.2) is 38.1 Å². The van der Waals surface area contributed by atoms with Gasteiger partial charge >= 0.3 is 0 Å². The molecule has 3 aromatic rings. The normalized spacial score (nSPS) is 15.9. The zero-order valence-corrected chi connectivity index (χ0v) is 18.7. The Morgan fingerprint density at radius 1 is 1.23 bits per heavy atom. The molecular weight excluding hydrogens is 439 g/mol. The number of hydrogen-bond donors (Lipinski definition) is 1. The van der Waals surface area contributed by atoms with Crippen LogP contribution in [0.15, 0.2) is 47.8 Å². The van der Waals surface area contributed by atoms with Crippen LogP contribution in [0.25, 0.3) is 0 Å². The lowest BCUT2D eigenvalue weighted by Gasteiger charge is -2.37. The van der Waals surface area contributed by atoms with Crippen LogP contribution in [0.2, 0.25) is 5.02 Å². The van der Waals surface area contributed by atoms with Crippen molar-refractivity contribution in [3.8, 4) is 11.5 Å². The molecule has 0 unspecified atom stereocenters. The minimum Gasteiger partial charge on any atom is -0.493 e. The number of rotatable bonds is 6. The van der Waals surface area contributed by atoms with Crippen molar-refractivity contribution in [1.82, 2.24) is 4.90 Å². The minimum atomic E-state index is -0.447. The Labute approximate surface area is 189 Å². The summed E-state index contributed by atoms with van der Waals surface area (Å²) in [5, 5.41) is 4.99. The van der Waals surface area contributed by atoms with E-state index in [0.29, 0.717) is 23.7 Å². The van der Waals surface area contributed by atoms with E-state index in [1.807, 2.05) is 23.6 Å². The summed E-state index contributed by atoms with van der Waals surface area (Å²) in [5.41, 5.74) is 2.66. The summed E-state index contributed by atoms with van der Waals surface area (Å²) in [6, 6.07) is 11.9. The third-order valence-electron chi connectivity index (χ3n) is 5.34. The smallest absolute Gasteiger partial charge is 0.238 e. The molecular formula is C23H22ClFN2O3S. The highest BCUT2D eigenvalue weighted by atomic mass is 35.5. The van der Waals surface area contributed by atoms with Gasteiger partial charge in [-0.25, -0.2) is 4.39 Å². The van der Waals surface area contributed by atoms with E-state index < -0.39 is 5.82 Å². The summed E-state index contributed by atoms with van der Waals surface area (Å²) in [6.07, 6.45) is 0.780. The number of fused-ring (bicyclic) bond motifs is 1. The van der Waals surface area contributed by atoms with Gasteiger partial charge in [-0.1, -0.05) is 17.7 Å². The lowest BCUT2D eigenvalue weighted by atomic mass is 9.91. The van der Waals surface area contributed by atoms with E-state index >= 15 is 0 Å². The van der Waals surface area contributed by atoms with Crippen LogP contribution in [0.3, 0.4) is 0 Å². The van der Waals surface area contributed by atoms with Crippen molar-refractivity contribution in [3.63, 3.8) is 0 Å². The van der Waals surface area contributed by atoms with Crippen LogP contribution in [0.5, 0.6) is 11.5 Å². The lowest BCUT2D eigenvalue weighted by Crippen LogP contribution is -2.41. The van der Waals surface area contributed by atoms with E-state index in [-0.39, 0.29) is 23.5 Å². The van der Waals surface area contributed by atoms with E-state index in [9.17, 15) is 9.18 Å². The number of nitrogens with one attached hydrogen (secondary N) is 1. The second-order valence-electron chi connectivity index (χ2n) is 7.22. The fourth-order valence-corrected chi connectivity index (χ4v) is 5.00. The van der Waals surface area contributed by atoms with Gasteiger partial charge in [0, 0.05) is 11.4 Å². The van der Waals surface area contributed by atoms with Gasteiger partial charge in [0.25, 0.3) is 0 Å². The summed E-state index contributed by atoms with van der Waals surface area (Å²) in [5.74, 6) is 0.701. The average molecular weight is 461 g/mol. The zero-order chi connectivity index (χ0) is 22.0. The van der Waals surface area contributed by atoms with Crippen molar-refractivity contribution in [2.24, 2.45) is 0 Å². The summed E-state index contributed by atoms with van der Waals surface area (Å²) in [6.45, 7) is 0.875. The molecule has 162 valence electrons. The van der Waals surface area contributed by atoms with E-state index in [4.69, 9.17) is 21.1 Å². The fraction of sp³-hybridized carbons (Fsp3) is 0.261. The molecule has 0 saturated carbocycles. The first-order valence-electron chi connectivity index (χ1n) is 9.77. The van der Waals surface area contributed by atoms with Gasteiger partial charge in [-0.2, -0.15) is 0 Å². The number of hydrogen-bond acceptors (Lipinski definition) is 5. The molecule has 0 spiro atoms. The van der Waals surface area contributed by atoms with E-state index in [0.717, 1.165) is 16.9 Å². The molecule has 1 aliphatic heterocycles. The summed E-state index contributed by atoms with van der Waals surface area (Å²) < 4.78 is 24.3. The maximum absolute atomic E-state index is 13.3. The molecule has 1 atom stereocenters. The van der Waals surface area contributed by atoms with E-state index in [2.05, 4.69) is 16.3 Å². The Bertz CT molecular complexity index is 1090. The first-order chi connectivity index (χ1) is 15.0. The van der Waals surface area contributed by atoms with Gasteiger partial charge in [-0.05, 0) is 59.3 Å². The molecule has 31 heavy (non-hydrogen) atoms. The Hall–Kier alpha value is -2.61. The standard InChI is InChI=1S/C23H22ClFN2O3S/c1-29-19-10-14-7-8-27(13-22(28)26-18-6-5-15(25)11-17(18)24)23(21-4-3-9-31-21)16(14)12-20(19)30-2/h3-6,9-12,23H,7-8,13H2,1-2H3,(H,26,28)/t23-/m1/s1. The molecule has 1 aliphatic rings. The van der Waals surface area contributed by atoms with Gasteiger partial charge in [0.1, 0.15) is 5.82 Å². The van der Waals surface area contributed by atoms with Crippen molar-refractivity contribution < 1.29 is 18.7 Å². The minimum absolute atomic E-state index is 0.0852. The van der Waals surface area contributed by atoms with Gasteiger partial charge in [-0.15, -0.1) is 11.3 Å². The topological polar surface area (TPSA) is 50.8 Å². The Balaban J connectivity index is 1.62. The van der Waals surface area contributed by atoms with Gasteiger partial charge < -0.3 is 14.8 Å². The number of carbonyl (C=O) groups excluding carboxylic acids is 1. The van der Waals surface area contributed by atoms with Crippen molar-refractivity contribution in [2.75, 3.05) is 32.6 Å². The molecule has 5 nitrogen and oxygen atoms in total. The molecule has 8 heteroatoms. The number of benzene rings is 2. The molecule has 0 saturated heterocycles. The molecule has 0 aliphatic carbocycles. The highest BCUT2D eigenvalue weighted by molar-refractivity contribution is 7.10. The molecule has 2 aromatic carbocycles. The van der Waals surface area contributed by atoms with Gasteiger partial charge in [-0.3, -0.25) is 9.69 Å². The Morgan fingerprint density at radius 3 is 2.68 bits per heavy atom. The molecule has 0 radical (unpaired) electrons. The average Bonchev–Trinajstić information content (AvgIpc) is 3.29. The number of nitrogens with zero attached hydrogens (tertiary/aromatic N) is 1. The third-order valence-corrected chi connectivity index (χ3v) is 6.58. The van der Waals surface area contributed by atoms with Crippen LogP contribution in [0, 0.1) is 5.82 Å². The second-order valence-corrected chi connectivity index (χ2v) is 8.60. The first-order valence-corrected chi connectivity index (χ1v) is 11.0. The number of thiophene rings is 1. The maximum Gasteiger partial charge on any atom is 0.238 e. The quantitative estimate of drug-likeness (QED) is 0.553. The number of methoxy groups -OCH3 is 2. The zero-order valence-electron chi connectivity index (χ0n) is 17.2. The number of anilines is 1. The number of amides is 1. The Kier molecular flexibility index (Phi) is 6.46. The molecule has 4 rings (SSSR count). The predicted octanol–water partition coefficient (Wildman–Crippen LogP) is 5.14. The maximum atomic E-state index is 13.3. The molecule has 1 N–H and O–H groups in total. The van der Waals surface area contributed by atoms with Crippen LogP contribution in [-0.2, 0) is 11.2 Å². The molecule has 0 bridgehead atoms. The van der Waals surface area contributed by atoms with Crippen LogP contribution in [0.1, 0.15) is 22.0 Å².